The minimum absolute atomic E-state index is 0.00381. The van der Waals surface area contributed by atoms with Crippen molar-refractivity contribution < 1.29 is 19.1 Å². The van der Waals surface area contributed by atoms with Gasteiger partial charge in [0.15, 0.2) is 11.5 Å². The van der Waals surface area contributed by atoms with Crippen LogP contribution in [0.5, 0.6) is 11.5 Å². The highest BCUT2D eigenvalue weighted by atomic mass is 16.5. The number of carbonyl (C=O) groups is 2. The first-order valence-corrected chi connectivity index (χ1v) is 11.7. The lowest BCUT2D eigenvalue weighted by Gasteiger charge is -2.47. The van der Waals surface area contributed by atoms with Crippen LogP contribution >= 0.6 is 0 Å². The van der Waals surface area contributed by atoms with E-state index in [4.69, 9.17) is 9.47 Å². The highest BCUT2D eigenvalue weighted by Gasteiger charge is 2.47. The zero-order chi connectivity index (χ0) is 23.1. The van der Waals surface area contributed by atoms with Gasteiger partial charge in [-0.1, -0.05) is 25.1 Å². The van der Waals surface area contributed by atoms with E-state index in [0.717, 1.165) is 42.7 Å². The molecule has 0 bridgehead atoms. The summed E-state index contributed by atoms with van der Waals surface area (Å²) in [4.78, 5) is 33.8. The van der Waals surface area contributed by atoms with Gasteiger partial charge in [-0.15, -0.1) is 0 Å². The highest BCUT2D eigenvalue weighted by molar-refractivity contribution is 6.01. The fourth-order valence-corrected chi connectivity index (χ4v) is 5.60. The van der Waals surface area contributed by atoms with Gasteiger partial charge in [-0.3, -0.25) is 9.59 Å². The third-order valence-electron chi connectivity index (χ3n) is 7.42. The number of hydrogen-bond donors (Lipinski definition) is 0. The third-order valence-corrected chi connectivity index (χ3v) is 7.42. The van der Waals surface area contributed by atoms with Crippen molar-refractivity contribution >= 4 is 11.8 Å². The average molecular weight is 450 g/mol. The molecule has 2 aromatic rings. The first-order chi connectivity index (χ1) is 16.1. The number of nitrogens with zero attached hydrogens (tertiary/aromatic N) is 3. The summed E-state index contributed by atoms with van der Waals surface area (Å²) in [5.74, 6) is 0.946. The number of benzene rings is 2. The number of fused-ring (bicyclic) bond motifs is 4. The molecule has 174 valence electrons. The Labute approximate surface area is 194 Å². The predicted octanol–water partition coefficient (Wildman–Crippen LogP) is 2.70. The van der Waals surface area contributed by atoms with Crippen molar-refractivity contribution in [3.05, 3.63) is 58.7 Å². The Morgan fingerprint density at radius 1 is 0.970 bits per heavy atom. The molecular formula is C26H31N3O4. The van der Waals surface area contributed by atoms with Gasteiger partial charge in [0.25, 0.3) is 5.91 Å². The van der Waals surface area contributed by atoms with Crippen LogP contribution in [0.25, 0.3) is 0 Å². The monoisotopic (exact) mass is 449 g/mol. The van der Waals surface area contributed by atoms with Crippen molar-refractivity contribution in [2.45, 2.75) is 25.3 Å². The van der Waals surface area contributed by atoms with Gasteiger partial charge < -0.3 is 24.2 Å². The molecule has 7 heteroatoms. The summed E-state index contributed by atoms with van der Waals surface area (Å²) in [7, 11) is 3.24. The maximum absolute atomic E-state index is 14.1. The van der Waals surface area contributed by atoms with Crippen LogP contribution in [0.15, 0.2) is 36.4 Å². The van der Waals surface area contributed by atoms with Gasteiger partial charge in [0.05, 0.1) is 26.2 Å². The van der Waals surface area contributed by atoms with E-state index in [1.165, 1.54) is 0 Å². The lowest BCUT2D eigenvalue weighted by Crippen LogP contribution is -2.54. The maximum Gasteiger partial charge on any atom is 0.254 e. The molecule has 33 heavy (non-hydrogen) atoms. The molecule has 2 amide bonds. The van der Waals surface area contributed by atoms with Crippen LogP contribution < -0.4 is 9.47 Å². The van der Waals surface area contributed by atoms with Crippen LogP contribution in [0.1, 0.15) is 45.9 Å². The Balaban J connectivity index is 1.62. The van der Waals surface area contributed by atoms with Crippen molar-refractivity contribution in [3.63, 3.8) is 0 Å². The van der Waals surface area contributed by atoms with E-state index in [0.29, 0.717) is 36.7 Å². The molecule has 0 unspecified atom stereocenters. The number of amides is 2. The van der Waals surface area contributed by atoms with Crippen LogP contribution in [0.4, 0.5) is 0 Å². The zero-order valence-electron chi connectivity index (χ0n) is 19.5. The number of ether oxygens (including phenoxy) is 2. The normalized spacial score (nSPS) is 22.3. The van der Waals surface area contributed by atoms with E-state index in [1.54, 1.807) is 14.2 Å². The zero-order valence-corrected chi connectivity index (χ0v) is 19.5. The van der Waals surface area contributed by atoms with Crippen molar-refractivity contribution in [3.8, 4) is 11.5 Å². The molecule has 7 nitrogen and oxygen atoms in total. The molecule has 0 N–H and O–H groups in total. The number of piperazine rings is 1. The summed E-state index contributed by atoms with van der Waals surface area (Å²) < 4.78 is 11.1. The standard InChI is InChI=1S/C26H31N3O4/c1-4-27-11-13-28(14-12-27)26(31)23-18-7-5-6-8-19(18)25(30)29-10-9-17-15-21(32-2)22(33-3)16-20(17)24(23)29/h5-8,15-16,23-24H,4,9-14H2,1-3H3/t23-,24+/m1/s1. The van der Waals surface area contributed by atoms with Crippen LogP contribution in [-0.4, -0.2) is 80.0 Å². The van der Waals surface area contributed by atoms with E-state index in [2.05, 4.69) is 11.8 Å². The van der Waals surface area contributed by atoms with Gasteiger partial charge in [-0.25, -0.2) is 0 Å². The summed E-state index contributed by atoms with van der Waals surface area (Å²) in [6.45, 7) is 6.91. The lowest BCUT2D eigenvalue weighted by atomic mass is 9.75. The Morgan fingerprint density at radius 3 is 2.36 bits per heavy atom. The van der Waals surface area contributed by atoms with Crippen LogP contribution in [0.3, 0.4) is 0 Å². The SMILES string of the molecule is CCN1CCN(C(=O)[C@@H]2c3ccccc3C(=O)N3CCc4cc(OC)c(OC)cc4[C@@H]23)CC1. The van der Waals surface area contributed by atoms with E-state index in [1.807, 2.05) is 46.2 Å². The second-order valence-electron chi connectivity index (χ2n) is 8.92. The number of likely N-dealkylation sites (N-methyl/N-ethyl adjacent to an activating group) is 1. The molecule has 3 heterocycles. The molecule has 2 atom stereocenters. The van der Waals surface area contributed by atoms with Gasteiger partial charge in [0, 0.05) is 38.3 Å². The molecule has 0 spiro atoms. The molecule has 1 fully saturated rings. The molecule has 0 radical (unpaired) electrons. The van der Waals surface area contributed by atoms with Gasteiger partial charge >= 0.3 is 0 Å². The number of hydrogen-bond acceptors (Lipinski definition) is 5. The van der Waals surface area contributed by atoms with E-state index in [-0.39, 0.29) is 17.9 Å². The minimum atomic E-state index is -0.441. The van der Waals surface area contributed by atoms with Crippen molar-refractivity contribution in [2.75, 3.05) is 53.5 Å². The number of carbonyl (C=O) groups excluding carboxylic acids is 2. The van der Waals surface area contributed by atoms with Crippen molar-refractivity contribution in [2.24, 2.45) is 0 Å². The first-order valence-electron chi connectivity index (χ1n) is 11.7. The molecule has 2 aromatic carbocycles. The molecule has 3 aliphatic heterocycles. The van der Waals surface area contributed by atoms with Crippen LogP contribution in [0.2, 0.25) is 0 Å². The summed E-state index contributed by atoms with van der Waals surface area (Å²) in [5, 5.41) is 0. The second-order valence-corrected chi connectivity index (χ2v) is 8.92. The summed E-state index contributed by atoms with van der Waals surface area (Å²) in [6.07, 6.45) is 0.718. The third kappa shape index (κ3) is 3.55. The van der Waals surface area contributed by atoms with Crippen LogP contribution in [-0.2, 0) is 11.2 Å². The van der Waals surface area contributed by atoms with Gasteiger partial charge in [0.1, 0.15) is 0 Å². The van der Waals surface area contributed by atoms with E-state index < -0.39 is 5.92 Å². The molecule has 0 aliphatic carbocycles. The Morgan fingerprint density at radius 2 is 1.67 bits per heavy atom. The molecule has 5 rings (SSSR count). The number of rotatable bonds is 4. The fourth-order valence-electron chi connectivity index (χ4n) is 5.60. The van der Waals surface area contributed by atoms with Gasteiger partial charge in [-0.05, 0) is 47.9 Å². The lowest BCUT2D eigenvalue weighted by molar-refractivity contribution is -0.136. The number of methoxy groups -OCH3 is 2. The largest absolute Gasteiger partial charge is 0.493 e. The van der Waals surface area contributed by atoms with Gasteiger partial charge in [-0.2, -0.15) is 0 Å². The summed E-state index contributed by atoms with van der Waals surface area (Å²) in [6, 6.07) is 11.2. The molecule has 3 aliphatic rings. The van der Waals surface area contributed by atoms with Crippen molar-refractivity contribution in [1.29, 1.82) is 0 Å². The van der Waals surface area contributed by atoms with E-state index in [9.17, 15) is 9.59 Å². The second kappa shape index (κ2) is 8.71. The first kappa shape index (κ1) is 21.8. The van der Waals surface area contributed by atoms with Crippen molar-refractivity contribution in [1.82, 2.24) is 14.7 Å². The fraction of sp³-hybridized carbons (Fsp3) is 0.462. The highest BCUT2D eigenvalue weighted by Crippen LogP contribution is 2.48. The van der Waals surface area contributed by atoms with E-state index >= 15 is 0 Å². The Bertz CT molecular complexity index is 1080. The average Bonchev–Trinajstić information content (AvgIpc) is 2.87. The predicted molar refractivity (Wildman–Crippen MR) is 125 cm³/mol. The van der Waals surface area contributed by atoms with Gasteiger partial charge in [0.2, 0.25) is 5.91 Å². The minimum Gasteiger partial charge on any atom is -0.493 e. The topological polar surface area (TPSA) is 62.3 Å². The smallest absolute Gasteiger partial charge is 0.254 e. The molecule has 1 saturated heterocycles. The quantitative estimate of drug-likeness (QED) is 0.718. The Kier molecular flexibility index (Phi) is 5.74. The molecule has 0 saturated carbocycles. The summed E-state index contributed by atoms with van der Waals surface area (Å²) >= 11 is 0. The molecule has 0 aromatic heterocycles. The maximum atomic E-state index is 14.1. The summed E-state index contributed by atoms with van der Waals surface area (Å²) in [5.41, 5.74) is 3.56. The van der Waals surface area contributed by atoms with Crippen LogP contribution in [0, 0.1) is 0 Å². The Hall–Kier alpha value is -3.06. The molecular weight excluding hydrogens is 418 g/mol.